The van der Waals surface area contributed by atoms with Crippen molar-refractivity contribution in [2.45, 2.75) is 13.0 Å². The monoisotopic (exact) mass is 303 g/mol. The second-order valence-corrected chi connectivity index (χ2v) is 5.67. The maximum Gasteiger partial charge on any atom is 0.0574 e. The van der Waals surface area contributed by atoms with E-state index in [2.05, 4.69) is 41.5 Å². The number of hydrogen-bond donors (Lipinski definition) is 2. The molecule has 3 N–H and O–H groups in total. The lowest BCUT2D eigenvalue weighted by Gasteiger charge is -2.17. The van der Waals surface area contributed by atoms with Gasteiger partial charge in [-0.3, -0.25) is 0 Å². The molecule has 0 amide bonds. The number of rotatable bonds is 7. The molecule has 0 saturated carbocycles. The number of nitrogen functional groups attached to an aromatic ring is 1. The maximum absolute atomic E-state index is 5.91. The smallest absolute Gasteiger partial charge is 0.0574 e. The fourth-order valence-corrected chi connectivity index (χ4v) is 2.42. The fourth-order valence-electron chi connectivity index (χ4n) is 2.24. The lowest BCUT2D eigenvalue weighted by atomic mass is 10.2. The molecule has 0 heterocycles. The van der Waals surface area contributed by atoms with E-state index in [1.165, 1.54) is 5.56 Å². The second kappa shape index (κ2) is 7.91. The van der Waals surface area contributed by atoms with Crippen LogP contribution in [0.5, 0.6) is 0 Å². The van der Waals surface area contributed by atoms with Crippen molar-refractivity contribution in [1.29, 1.82) is 0 Å². The first-order chi connectivity index (χ1) is 10.1. The highest BCUT2D eigenvalue weighted by atomic mass is 35.5. The molecule has 3 nitrogen and oxygen atoms in total. The van der Waals surface area contributed by atoms with Gasteiger partial charge in [-0.15, -0.1) is 0 Å². The van der Waals surface area contributed by atoms with Gasteiger partial charge in [0.1, 0.15) is 0 Å². The van der Waals surface area contributed by atoms with Crippen LogP contribution in [-0.4, -0.2) is 25.0 Å². The summed E-state index contributed by atoms with van der Waals surface area (Å²) in [6.45, 7) is 2.91. The van der Waals surface area contributed by atoms with E-state index in [4.69, 9.17) is 17.3 Å². The van der Waals surface area contributed by atoms with E-state index in [0.29, 0.717) is 10.7 Å². The Bertz CT molecular complexity index is 557. The Morgan fingerprint density at radius 2 is 1.90 bits per heavy atom. The predicted octanol–water partition coefficient (Wildman–Crippen LogP) is 3.86. The number of benzene rings is 2. The lowest BCUT2D eigenvalue weighted by Crippen LogP contribution is -2.21. The molecule has 2 rings (SSSR count). The molecule has 0 fully saturated rings. The van der Waals surface area contributed by atoms with E-state index in [-0.39, 0.29) is 0 Å². The van der Waals surface area contributed by atoms with E-state index in [1.54, 1.807) is 6.07 Å². The van der Waals surface area contributed by atoms with Gasteiger partial charge in [0.25, 0.3) is 0 Å². The number of nitrogens with one attached hydrogen (secondary N) is 1. The van der Waals surface area contributed by atoms with Crippen LogP contribution in [0.3, 0.4) is 0 Å². The molecule has 112 valence electrons. The number of halogens is 1. The van der Waals surface area contributed by atoms with Crippen LogP contribution in [-0.2, 0) is 6.54 Å². The minimum atomic E-state index is 0.667. The van der Waals surface area contributed by atoms with Gasteiger partial charge in [-0.1, -0.05) is 41.9 Å². The lowest BCUT2D eigenvalue weighted by molar-refractivity contribution is 0.325. The van der Waals surface area contributed by atoms with E-state index < -0.39 is 0 Å². The van der Waals surface area contributed by atoms with Crippen molar-refractivity contribution in [2.75, 3.05) is 31.2 Å². The molecule has 21 heavy (non-hydrogen) atoms. The zero-order valence-corrected chi connectivity index (χ0v) is 13.1. The highest BCUT2D eigenvalue weighted by molar-refractivity contribution is 6.31. The van der Waals surface area contributed by atoms with Gasteiger partial charge in [0.2, 0.25) is 0 Å². The molecule has 0 atom stereocenters. The summed E-state index contributed by atoms with van der Waals surface area (Å²) in [7, 11) is 2.14. The summed E-state index contributed by atoms with van der Waals surface area (Å²) < 4.78 is 0. The Labute approximate surface area is 131 Å². The first-order valence-corrected chi connectivity index (χ1v) is 7.54. The molecule has 0 aliphatic carbocycles. The van der Waals surface area contributed by atoms with Gasteiger partial charge < -0.3 is 16.0 Å². The summed E-state index contributed by atoms with van der Waals surface area (Å²) in [5.41, 5.74) is 8.89. The zero-order chi connectivity index (χ0) is 15.1. The van der Waals surface area contributed by atoms with Gasteiger partial charge in [-0.2, -0.15) is 0 Å². The van der Waals surface area contributed by atoms with Gasteiger partial charge in [-0.05, 0) is 43.8 Å². The number of nitrogens with two attached hydrogens (primary N) is 1. The van der Waals surface area contributed by atoms with E-state index >= 15 is 0 Å². The topological polar surface area (TPSA) is 41.3 Å². The second-order valence-electron chi connectivity index (χ2n) is 5.24. The summed E-state index contributed by atoms with van der Waals surface area (Å²) in [6, 6.07) is 16.1. The first-order valence-electron chi connectivity index (χ1n) is 7.16. The van der Waals surface area contributed by atoms with Crippen molar-refractivity contribution in [3.63, 3.8) is 0 Å². The third-order valence-corrected chi connectivity index (χ3v) is 3.58. The van der Waals surface area contributed by atoms with Gasteiger partial charge in [0.15, 0.2) is 0 Å². The Morgan fingerprint density at radius 1 is 1.14 bits per heavy atom. The predicted molar refractivity (Wildman–Crippen MR) is 91.7 cm³/mol. The summed E-state index contributed by atoms with van der Waals surface area (Å²) in [4.78, 5) is 2.32. The van der Waals surface area contributed by atoms with Crippen LogP contribution in [0.25, 0.3) is 0 Å². The molecule has 0 saturated heterocycles. The van der Waals surface area contributed by atoms with Crippen molar-refractivity contribution >= 4 is 23.0 Å². The Balaban J connectivity index is 1.69. The van der Waals surface area contributed by atoms with Crippen molar-refractivity contribution in [2.24, 2.45) is 0 Å². The highest BCUT2D eigenvalue weighted by Gasteiger charge is 2.01. The Hall–Kier alpha value is -1.71. The maximum atomic E-state index is 5.91. The molecule has 0 unspecified atom stereocenters. The van der Waals surface area contributed by atoms with Crippen LogP contribution in [0.4, 0.5) is 11.4 Å². The van der Waals surface area contributed by atoms with Crippen molar-refractivity contribution in [1.82, 2.24) is 4.90 Å². The van der Waals surface area contributed by atoms with Gasteiger partial charge >= 0.3 is 0 Å². The standard InChI is InChI=1S/C17H22ClN3/c1-21(13-14-6-3-2-4-7-14)11-5-10-20-17-9-8-15(18)12-16(17)19/h2-4,6-9,12,20H,5,10-11,13,19H2,1H3. The van der Waals surface area contributed by atoms with Crippen LogP contribution >= 0.6 is 11.6 Å². The third kappa shape index (κ3) is 5.29. The minimum Gasteiger partial charge on any atom is -0.397 e. The molecule has 4 heteroatoms. The van der Waals surface area contributed by atoms with Crippen LogP contribution < -0.4 is 11.1 Å². The first kappa shape index (κ1) is 15.7. The van der Waals surface area contributed by atoms with E-state index in [9.17, 15) is 0 Å². The van der Waals surface area contributed by atoms with Crippen LogP contribution in [0.15, 0.2) is 48.5 Å². The summed E-state index contributed by atoms with van der Waals surface area (Å²) >= 11 is 5.88. The van der Waals surface area contributed by atoms with Crippen molar-refractivity contribution < 1.29 is 0 Å². The van der Waals surface area contributed by atoms with Crippen LogP contribution in [0, 0.1) is 0 Å². The average Bonchev–Trinajstić information content (AvgIpc) is 2.46. The molecule has 0 spiro atoms. The highest BCUT2D eigenvalue weighted by Crippen LogP contribution is 2.22. The molecular weight excluding hydrogens is 282 g/mol. The SMILES string of the molecule is CN(CCCNc1ccc(Cl)cc1N)Cc1ccccc1. The quantitative estimate of drug-likeness (QED) is 0.603. The largest absolute Gasteiger partial charge is 0.397 e. The van der Waals surface area contributed by atoms with Gasteiger partial charge in [-0.25, -0.2) is 0 Å². The Morgan fingerprint density at radius 3 is 2.62 bits per heavy atom. The summed E-state index contributed by atoms with van der Waals surface area (Å²) in [6.07, 6.45) is 1.06. The molecule has 0 aromatic heterocycles. The molecule has 0 bridgehead atoms. The van der Waals surface area contributed by atoms with Crippen molar-refractivity contribution in [3.8, 4) is 0 Å². The number of anilines is 2. The van der Waals surface area contributed by atoms with E-state index in [0.717, 1.165) is 31.7 Å². The Kier molecular flexibility index (Phi) is 5.90. The molecule has 2 aromatic rings. The molecule has 0 aliphatic rings. The van der Waals surface area contributed by atoms with Crippen LogP contribution in [0.1, 0.15) is 12.0 Å². The van der Waals surface area contributed by atoms with E-state index in [1.807, 2.05) is 18.2 Å². The van der Waals surface area contributed by atoms with Gasteiger partial charge in [0.05, 0.1) is 11.4 Å². The molecule has 2 aromatic carbocycles. The minimum absolute atomic E-state index is 0.667. The van der Waals surface area contributed by atoms with Gasteiger partial charge in [0, 0.05) is 18.1 Å². The normalized spacial score (nSPS) is 10.8. The summed E-state index contributed by atoms with van der Waals surface area (Å²) in [5.74, 6) is 0. The number of nitrogens with zero attached hydrogens (tertiary/aromatic N) is 1. The fraction of sp³-hybridized carbons (Fsp3) is 0.294. The van der Waals surface area contributed by atoms with Crippen LogP contribution in [0.2, 0.25) is 5.02 Å². The zero-order valence-electron chi connectivity index (χ0n) is 12.3. The number of hydrogen-bond acceptors (Lipinski definition) is 3. The molecular formula is C17H22ClN3. The third-order valence-electron chi connectivity index (χ3n) is 3.34. The molecule has 0 aliphatic heterocycles. The summed E-state index contributed by atoms with van der Waals surface area (Å²) in [5, 5.41) is 4.02. The average molecular weight is 304 g/mol. The molecule has 0 radical (unpaired) electrons. The van der Waals surface area contributed by atoms with Crippen molar-refractivity contribution in [3.05, 3.63) is 59.1 Å².